The highest BCUT2D eigenvalue weighted by atomic mass is 19.1. The molecule has 4 rings (SSSR count). The van der Waals surface area contributed by atoms with Crippen molar-refractivity contribution < 1.29 is 9.13 Å². The highest BCUT2D eigenvalue weighted by Gasteiger charge is 2.34. The van der Waals surface area contributed by atoms with Crippen molar-refractivity contribution >= 4 is 10.8 Å². The Morgan fingerprint density at radius 1 is 1.07 bits per heavy atom. The van der Waals surface area contributed by atoms with Crippen LogP contribution in [0.25, 0.3) is 10.8 Å². The molecular formula is C25H25FN2O. The summed E-state index contributed by atoms with van der Waals surface area (Å²) in [5, 5.41) is 11.8. The molecule has 1 fully saturated rings. The second kappa shape index (κ2) is 8.73. The zero-order chi connectivity index (χ0) is 20.2. The van der Waals surface area contributed by atoms with E-state index in [2.05, 4.69) is 36.4 Å². The van der Waals surface area contributed by atoms with Gasteiger partial charge in [-0.3, -0.25) is 0 Å². The quantitative estimate of drug-likeness (QED) is 0.673. The van der Waals surface area contributed by atoms with Gasteiger partial charge in [0.05, 0.1) is 18.8 Å². The number of rotatable bonds is 5. The lowest BCUT2D eigenvalue weighted by molar-refractivity contribution is -0.0353. The highest BCUT2D eigenvalue weighted by Crippen LogP contribution is 2.37. The molecule has 29 heavy (non-hydrogen) atoms. The standard InChI is InChI=1S/C25H25FN2O/c26-22-9-5-17(6-10-22)13-24(28)25-15-21(11-12-27)23(16-29-25)20-8-7-18-3-1-2-4-19(18)14-20/h1-10,14,21,23-25H,11,13,15-16,28H2. The van der Waals surface area contributed by atoms with E-state index in [-0.39, 0.29) is 29.8 Å². The molecule has 0 saturated carbocycles. The Labute approximate surface area is 170 Å². The van der Waals surface area contributed by atoms with E-state index in [1.807, 2.05) is 12.1 Å². The Morgan fingerprint density at radius 2 is 1.83 bits per heavy atom. The third-order valence-electron chi connectivity index (χ3n) is 6.01. The summed E-state index contributed by atoms with van der Waals surface area (Å²) in [7, 11) is 0. The van der Waals surface area contributed by atoms with Gasteiger partial charge >= 0.3 is 0 Å². The van der Waals surface area contributed by atoms with Crippen LogP contribution in [0.5, 0.6) is 0 Å². The maximum absolute atomic E-state index is 13.1. The molecule has 4 heteroatoms. The zero-order valence-corrected chi connectivity index (χ0v) is 16.3. The van der Waals surface area contributed by atoms with Crippen molar-refractivity contribution in [1.29, 1.82) is 5.26 Å². The largest absolute Gasteiger partial charge is 0.376 e. The average Bonchev–Trinajstić information content (AvgIpc) is 2.75. The van der Waals surface area contributed by atoms with Gasteiger partial charge in [-0.15, -0.1) is 0 Å². The predicted octanol–water partition coefficient (Wildman–Crippen LogP) is 4.95. The van der Waals surface area contributed by atoms with E-state index in [0.29, 0.717) is 19.4 Å². The van der Waals surface area contributed by atoms with Gasteiger partial charge in [0.2, 0.25) is 0 Å². The first-order valence-corrected chi connectivity index (χ1v) is 10.1. The third-order valence-corrected chi connectivity index (χ3v) is 6.01. The molecule has 1 saturated heterocycles. The molecule has 0 aliphatic carbocycles. The van der Waals surface area contributed by atoms with Crippen molar-refractivity contribution in [2.75, 3.05) is 6.61 Å². The van der Waals surface area contributed by atoms with Gasteiger partial charge in [-0.1, -0.05) is 54.6 Å². The number of ether oxygens (including phenoxy) is 1. The van der Waals surface area contributed by atoms with Crippen molar-refractivity contribution in [3.63, 3.8) is 0 Å². The topological polar surface area (TPSA) is 59.0 Å². The Balaban J connectivity index is 1.49. The van der Waals surface area contributed by atoms with Gasteiger partial charge in [-0.05, 0) is 52.8 Å². The van der Waals surface area contributed by atoms with Gasteiger partial charge < -0.3 is 10.5 Å². The van der Waals surface area contributed by atoms with E-state index in [9.17, 15) is 9.65 Å². The number of benzene rings is 3. The van der Waals surface area contributed by atoms with Crippen LogP contribution in [0, 0.1) is 23.1 Å². The summed E-state index contributed by atoms with van der Waals surface area (Å²) in [4.78, 5) is 0. The number of nitriles is 1. The van der Waals surface area contributed by atoms with Crippen LogP contribution in [0.3, 0.4) is 0 Å². The predicted molar refractivity (Wildman–Crippen MR) is 113 cm³/mol. The van der Waals surface area contributed by atoms with Gasteiger partial charge in [-0.2, -0.15) is 5.26 Å². The van der Waals surface area contributed by atoms with Crippen molar-refractivity contribution in [1.82, 2.24) is 0 Å². The van der Waals surface area contributed by atoms with E-state index in [1.165, 1.54) is 28.5 Å². The first-order valence-electron chi connectivity index (χ1n) is 10.1. The zero-order valence-electron chi connectivity index (χ0n) is 16.3. The average molecular weight is 388 g/mol. The molecule has 0 amide bonds. The molecule has 3 aromatic carbocycles. The van der Waals surface area contributed by atoms with Crippen LogP contribution in [0.15, 0.2) is 66.7 Å². The van der Waals surface area contributed by atoms with Crippen LogP contribution < -0.4 is 5.73 Å². The summed E-state index contributed by atoms with van der Waals surface area (Å²) in [6, 6.07) is 23.4. The lowest BCUT2D eigenvalue weighted by Gasteiger charge is -2.38. The summed E-state index contributed by atoms with van der Waals surface area (Å²) in [6.45, 7) is 0.562. The Morgan fingerprint density at radius 3 is 2.59 bits per heavy atom. The number of hydrogen-bond donors (Lipinski definition) is 1. The summed E-state index contributed by atoms with van der Waals surface area (Å²) < 4.78 is 19.3. The minimum Gasteiger partial charge on any atom is -0.376 e. The fourth-order valence-electron chi connectivity index (χ4n) is 4.37. The second-order valence-corrected chi connectivity index (χ2v) is 7.94. The fraction of sp³-hybridized carbons (Fsp3) is 0.320. The first-order chi connectivity index (χ1) is 14.1. The number of fused-ring (bicyclic) bond motifs is 1. The van der Waals surface area contributed by atoms with E-state index < -0.39 is 0 Å². The summed E-state index contributed by atoms with van der Waals surface area (Å²) in [5.41, 5.74) is 8.65. The molecule has 0 bridgehead atoms. The number of hydrogen-bond acceptors (Lipinski definition) is 3. The SMILES string of the molecule is N#CCC1CC(C(N)Cc2ccc(F)cc2)OCC1c1ccc2ccccc2c1. The van der Waals surface area contributed by atoms with Gasteiger partial charge in [0.1, 0.15) is 5.82 Å². The minimum atomic E-state index is -0.247. The molecule has 1 heterocycles. The van der Waals surface area contributed by atoms with Crippen LogP contribution in [-0.2, 0) is 11.2 Å². The summed E-state index contributed by atoms with van der Waals surface area (Å²) in [5.74, 6) is 0.149. The maximum Gasteiger partial charge on any atom is 0.123 e. The van der Waals surface area contributed by atoms with E-state index >= 15 is 0 Å². The van der Waals surface area contributed by atoms with Crippen molar-refractivity contribution in [3.8, 4) is 6.07 Å². The Kier molecular flexibility index (Phi) is 5.89. The molecular weight excluding hydrogens is 363 g/mol. The lowest BCUT2D eigenvalue weighted by Crippen LogP contribution is -2.44. The molecule has 0 aromatic heterocycles. The molecule has 0 radical (unpaired) electrons. The van der Waals surface area contributed by atoms with Crippen LogP contribution in [0.4, 0.5) is 4.39 Å². The molecule has 0 spiro atoms. The summed E-state index contributed by atoms with van der Waals surface area (Å²) in [6.07, 6.45) is 1.77. The smallest absolute Gasteiger partial charge is 0.123 e. The second-order valence-electron chi connectivity index (χ2n) is 7.94. The molecule has 148 valence electrons. The van der Waals surface area contributed by atoms with Gasteiger partial charge in [0.15, 0.2) is 0 Å². The Bertz CT molecular complexity index is 1010. The molecule has 4 atom stereocenters. The summed E-state index contributed by atoms with van der Waals surface area (Å²) >= 11 is 0. The molecule has 3 nitrogen and oxygen atoms in total. The minimum absolute atomic E-state index is 0.102. The van der Waals surface area contributed by atoms with Gasteiger partial charge in [0, 0.05) is 18.4 Å². The van der Waals surface area contributed by atoms with Crippen LogP contribution in [0.1, 0.15) is 29.9 Å². The van der Waals surface area contributed by atoms with Crippen molar-refractivity contribution in [3.05, 3.63) is 83.7 Å². The van der Waals surface area contributed by atoms with Crippen molar-refractivity contribution in [2.24, 2.45) is 11.7 Å². The van der Waals surface area contributed by atoms with Gasteiger partial charge in [0.25, 0.3) is 0 Å². The monoisotopic (exact) mass is 388 g/mol. The Hall–Kier alpha value is -2.74. The molecule has 1 aliphatic heterocycles. The molecule has 2 N–H and O–H groups in total. The van der Waals surface area contributed by atoms with Crippen LogP contribution >= 0.6 is 0 Å². The third kappa shape index (κ3) is 4.48. The number of halogens is 1. The molecule has 1 aliphatic rings. The highest BCUT2D eigenvalue weighted by molar-refractivity contribution is 5.83. The van der Waals surface area contributed by atoms with E-state index in [1.54, 1.807) is 12.1 Å². The van der Waals surface area contributed by atoms with Crippen LogP contribution in [-0.4, -0.2) is 18.8 Å². The first kappa shape index (κ1) is 19.6. The lowest BCUT2D eigenvalue weighted by atomic mass is 9.77. The van der Waals surface area contributed by atoms with E-state index in [4.69, 9.17) is 10.5 Å². The van der Waals surface area contributed by atoms with E-state index in [0.717, 1.165) is 12.0 Å². The van der Waals surface area contributed by atoms with Crippen LogP contribution in [0.2, 0.25) is 0 Å². The van der Waals surface area contributed by atoms with Gasteiger partial charge in [-0.25, -0.2) is 4.39 Å². The number of nitrogens with two attached hydrogens (primary N) is 1. The normalized spacial score (nSPS) is 22.9. The molecule has 3 aromatic rings. The molecule has 4 unspecified atom stereocenters. The van der Waals surface area contributed by atoms with Crippen molar-refractivity contribution in [2.45, 2.75) is 37.3 Å². The maximum atomic E-state index is 13.1. The number of nitrogens with zero attached hydrogens (tertiary/aromatic N) is 1. The fourth-order valence-corrected chi connectivity index (χ4v) is 4.37.